The molecule has 1 N–H and O–H groups in total. The molecule has 0 aliphatic carbocycles. The second kappa shape index (κ2) is 4.92. The zero-order chi connectivity index (χ0) is 14.1. The molecule has 0 aliphatic rings. The standard InChI is InChI=1S/C15H17N5/c1-10-5-4-6-13(7-10)9-16-14-18-15-17-11(2)8-12(3)20(15)19-14/h4-8H,9H2,1-3H3,(H,16,19). The maximum atomic E-state index is 4.42. The number of hydrogen-bond donors (Lipinski definition) is 1. The number of benzene rings is 1. The van der Waals surface area contributed by atoms with Crippen molar-refractivity contribution in [1.29, 1.82) is 0 Å². The van der Waals surface area contributed by atoms with Gasteiger partial charge in [-0.15, -0.1) is 5.10 Å². The average molecular weight is 267 g/mol. The molecule has 3 rings (SSSR count). The number of hydrogen-bond acceptors (Lipinski definition) is 4. The van der Waals surface area contributed by atoms with Gasteiger partial charge in [-0.25, -0.2) is 4.98 Å². The van der Waals surface area contributed by atoms with E-state index in [1.54, 1.807) is 4.52 Å². The molecule has 1 aromatic carbocycles. The average Bonchev–Trinajstić information content (AvgIpc) is 2.80. The Kier molecular flexibility index (Phi) is 3.10. The van der Waals surface area contributed by atoms with Crippen molar-refractivity contribution in [2.45, 2.75) is 27.3 Å². The topological polar surface area (TPSA) is 55.1 Å². The highest BCUT2D eigenvalue weighted by atomic mass is 15.4. The highest BCUT2D eigenvalue weighted by molar-refractivity contribution is 5.39. The summed E-state index contributed by atoms with van der Waals surface area (Å²) in [5.74, 6) is 1.24. The van der Waals surface area contributed by atoms with Crippen LogP contribution in [0.25, 0.3) is 5.78 Å². The van der Waals surface area contributed by atoms with E-state index in [-0.39, 0.29) is 0 Å². The molecular weight excluding hydrogens is 250 g/mol. The van der Waals surface area contributed by atoms with Crippen LogP contribution in [-0.2, 0) is 6.54 Å². The first-order valence-electron chi connectivity index (χ1n) is 6.62. The summed E-state index contributed by atoms with van der Waals surface area (Å²) in [7, 11) is 0. The van der Waals surface area contributed by atoms with Gasteiger partial charge in [-0.3, -0.25) is 0 Å². The highest BCUT2D eigenvalue weighted by Crippen LogP contribution is 2.10. The summed E-state index contributed by atoms with van der Waals surface area (Å²) in [6, 6.07) is 10.4. The van der Waals surface area contributed by atoms with Crippen LogP contribution >= 0.6 is 0 Å². The lowest BCUT2D eigenvalue weighted by Gasteiger charge is -2.02. The van der Waals surface area contributed by atoms with E-state index in [0.717, 1.165) is 11.4 Å². The Bertz CT molecular complexity index is 760. The zero-order valence-corrected chi connectivity index (χ0v) is 11.9. The van der Waals surface area contributed by atoms with Crippen molar-refractivity contribution in [2.75, 3.05) is 5.32 Å². The molecule has 0 unspecified atom stereocenters. The number of anilines is 1. The number of nitrogens with one attached hydrogen (secondary N) is 1. The molecule has 0 atom stereocenters. The lowest BCUT2D eigenvalue weighted by Crippen LogP contribution is -2.01. The Morgan fingerprint density at radius 1 is 1.10 bits per heavy atom. The van der Waals surface area contributed by atoms with Crippen molar-refractivity contribution < 1.29 is 0 Å². The van der Waals surface area contributed by atoms with Crippen LogP contribution in [0.2, 0.25) is 0 Å². The maximum absolute atomic E-state index is 4.42. The van der Waals surface area contributed by atoms with Crippen molar-refractivity contribution in [3.8, 4) is 0 Å². The Morgan fingerprint density at radius 3 is 2.75 bits per heavy atom. The van der Waals surface area contributed by atoms with E-state index in [1.165, 1.54) is 11.1 Å². The fraction of sp³-hybridized carbons (Fsp3) is 0.267. The Morgan fingerprint density at radius 2 is 1.95 bits per heavy atom. The largest absolute Gasteiger partial charge is 0.349 e. The predicted molar refractivity (Wildman–Crippen MR) is 78.8 cm³/mol. The molecule has 0 saturated carbocycles. The number of nitrogens with zero attached hydrogens (tertiary/aromatic N) is 4. The molecule has 2 aromatic heterocycles. The predicted octanol–water partition coefficient (Wildman–Crippen LogP) is 2.66. The van der Waals surface area contributed by atoms with Crippen LogP contribution < -0.4 is 5.32 Å². The van der Waals surface area contributed by atoms with Gasteiger partial charge < -0.3 is 5.32 Å². The van der Waals surface area contributed by atoms with E-state index >= 15 is 0 Å². The Labute approximate surface area is 117 Å². The smallest absolute Gasteiger partial charge is 0.254 e. The van der Waals surface area contributed by atoms with Gasteiger partial charge in [0.25, 0.3) is 5.78 Å². The molecule has 20 heavy (non-hydrogen) atoms. The molecule has 0 bridgehead atoms. The van der Waals surface area contributed by atoms with E-state index in [9.17, 15) is 0 Å². The van der Waals surface area contributed by atoms with Crippen molar-refractivity contribution in [3.63, 3.8) is 0 Å². The van der Waals surface area contributed by atoms with Crippen LogP contribution in [-0.4, -0.2) is 19.6 Å². The fourth-order valence-corrected chi connectivity index (χ4v) is 2.24. The van der Waals surface area contributed by atoms with E-state index in [1.807, 2.05) is 19.9 Å². The quantitative estimate of drug-likeness (QED) is 0.792. The van der Waals surface area contributed by atoms with Gasteiger partial charge in [0.15, 0.2) is 0 Å². The molecule has 5 nitrogen and oxygen atoms in total. The van der Waals surface area contributed by atoms with Crippen molar-refractivity contribution in [3.05, 3.63) is 52.8 Å². The minimum atomic E-state index is 0.604. The second-order valence-electron chi connectivity index (χ2n) is 5.03. The summed E-state index contributed by atoms with van der Waals surface area (Å²) < 4.78 is 1.76. The number of rotatable bonds is 3. The maximum Gasteiger partial charge on any atom is 0.254 e. The lowest BCUT2D eigenvalue weighted by atomic mass is 10.1. The first-order chi connectivity index (χ1) is 9.61. The zero-order valence-electron chi connectivity index (χ0n) is 11.9. The number of fused-ring (bicyclic) bond motifs is 1. The van der Waals surface area contributed by atoms with Gasteiger partial charge in [0.1, 0.15) is 0 Å². The van der Waals surface area contributed by atoms with Crippen LogP contribution in [0, 0.1) is 20.8 Å². The lowest BCUT2D eigenvalue weighted by molar-refractivity contribution is 0.882. The monoisotopic (exact) mass is 267 g/mol. The van der Waals surface area contributed by atoms with Gasteiger partial charge in [0, 0.05) is 17.9 Å². The molecule has 102 valence electrons. The summed E-state index contributed by atoms with van der Waals surface area (Å²) in [6.45, 7) is 6.75. The van der Waals surface area contributed by atoms with Crippen LogP contribution in [0.15, 0.2) is 30.3 Å². The SMILES string of the molecule is Cc1cccc(CNc2nc3nc(C)cc(C)n3n2)c1. The fourth-order valence-electron chi connectivity index (χ4n) is 2.24. The van der Waals surface area contributed by atoms with E-state index < -0.39 is 0 Å². The van der Waals surface area contributed by atoms with Crippen LogP contribution in [0.5, 0.6) is 0 Å². The summed E-state index contributed by atoms with van der Waals surface area (Å²) in [4.78, 5) is 8.78. The van der Waals surface area contributed by atoms with Crippen LogP contribution in [0.4, 0.5) is 5.95 Å². The minimum Gasteiger partial charge on any atom is -0.349 e. The first-order valence-corrected chi connectivity index (χ1v) is 6.62. The van der Waals surface area contributed by atoms with Crippen molar-refractivity contribution in [1.82, 2.24) is 19.6 Å². The van der Waals surface area contributed by atoms with E-state index in [0.29, 0.717) is 18.3 Å². The molecule has 0 amide bonds. The third-order valence-electron chi connectivity index (χ3n) is 3.15. The Balaban J connectivity index is 1.83. The summed E-state index contributed by atoms with van der Waals surface area (Å²) in [5, 5.41) is 7.66. The van der Waals surface area contributed by atoms with Crippen molar-refractivity contribution in [2.24, 2.45) is 0 Å². The molecule has 0 aliphatic heterocycles. The summed E-state index contributed by atoms with van der Waals surface area (Å²) >= 11 is 0. The van der Waals surface area contributed by atoms with Crippen molar-refractivity contribution >= 4 is 11.7 Å². The van der Waals surface area contributed by atoms with Crippen LogP contribution in [0.3, 0.4) is 0 Å². The number of aryl methyl sites for hydroxylation is 3. The molecule has 0 spiro atoms. The molecule has 5 heteroatoms. The van der Waals surface area contributed by atoms with Gasteiger partial charge in [-0.1, -0.05) is 29.8 Å². The molecular formula is C15H17N5. The molecule has 0 saturated heterocycles. The molecule has 0 fully saturated rings. The normalized spacial score (nSPS) is 10.9. The minimum absolute atomic E-state index is 0.604. The van der Waals surface area contributed by atoms with Gasteiger partial charge in [-0.2, -0.15) is 9.50 Å². The second-order valence-corrected chi connectivity index (χ2v) is 5.03. The summed E-state index contributed by atoms with van der Waals surface area (Å²) in [5.41, 5.74) is 4.45. The Hall–Kier alpha value is -2.43. The molecule has 2 heterocycles. The molecule has 3 aromatic rings. The van der Waals surface area contributed by atoms with Gasteiger partial charge in [0.05, 0.1) is 0 Å². The van der Waals surface area contributed by atoms with Gasteiger partial charge >= 0.3 is 0 Å². The first kappa shape index (κ1) is 12.6. The summed E-state index contributed by atoms with van der Waals surface area (Å²) in [6.07, 6.45) is 0. The van der Waals surface area contributed by atoms with E-state index in [2.05, 4.69) is 51.6 Å². The van der Waals surface area contributed by atoms with E-state index in [4.69, 9.17) is 0 Å². The highest BCUT2D eigenvalue weighted by Gasteiger charge is 2.07. The van der Waals surface area contributed by atoms with Crippen LogP contribution in [0.1, 0.15) is 22.5 Å². The molecule has 0 radical (unpaired) electrons. The third-order valence-corrected chi connectivity index (χ3v) is 3.15. The number of aromatic nitrogens is 4. The van der Waals surface area contributed by atoms with Gasteiger partial charge in [-0.05, 0) is 32.4 Å². The van der Waals surface area contributed by atoms with Gasteiger partial charge in [0.2, 0.25) is 5.95 Å². The third kappa shape index (κ3) is 2.47.